The minimum atomic E-state index is -1.58. The van der Waals surface area contributed by atoms with Crippen LogP contribution in [0.15, 0.2) is 70.6 Å². The van der Waals surface area contributed by atoms with Gasteiger partial charge in [0.2, 0.25) is 41.4 Å². The number of carboxylic acids is 1. The van der Waals surface area contributed by atoms with E-state index in [9.17, 15) is 48.6 Å². The highest BCUT2D eigenvalue weighted by Crippen LogP contribution is 2.20. The summed E-state index contributed by atoms with van der Waals surface area (Å²) in [6, 6.07) is 9.61. The number of nitrogens with zero attached hydrogens (tertiary/aromatic N) is 3. The molecule has 1 aliphatic heterocycles. The Labute approximate surface area is 400 Å². The molecule has 1 heterocycles. The fraction of sp³-hybridized carbons (Fsp3) is 0.511. The number of likely N-dealkylation sites (tertiary alicyclic amines) is 1. The van der Waals surface area contributed by atoms with Crippen LogP contribution in [0.5, 0.6) is 0 Å². The van der Waals surface area contributed by atoms with Gasteiger partial charge < -0.3 is 75.7 Å². The number of carboxylic acid groups (broad SMARTS) is 1. The highest BCUT2D eigenvalue weighted by atomic mass is 16.4. The van der Waals surface area contributed by atoms with E-state index in [2.05, 4.69) is 41.9 Å². The number of amides is 7. The van der Waals surface area contributed by atoms with E-state index in [1.54, 1.807) is 60.7 Å². The zero-order chi connectivity index (χ0) is 50.7. The monoisotopic (exact) mass is 965 g/mol. The lowest BCUT2D eigenvalue weighted by Crippen LogP contribution is -2.60. The standard InChI is InChI=1S/C45H68N14O10/c46-20-8-7-19-36(61)54-30(16-9-21-51-44(47)48)38(63)53-26-37(62)55-32(24-28-12-3-1-4-13-28)39(64)58-34(27-60)42(67)59-23-11-18-35(59)41(66)57-33(25-29-14-5-2-6-15-29)40(65)56-31(43(68)69)17-10-22-52-45(49)50/h1-6,12-15,30-35,60H,7-11,16-27,46H2,(H,53,63)(H,54,61)(H,55,62)(H,56,65)(H,57,66)(H,58,64)(H,68,69)(H4,47,48,51)(H4,49,50,52)/t30-,31-,32-,33-,34-,35-/m0/s1. The second-order valence-corrected chi connectivity index (χ2v) is 16.4. The highest BCUT2D eigenvalue weighted by molar-refractivity contribution is 5.97. The molecule has 2 aromatic rings. The SMILES string of the molecule is NCCCCC(=O)N[C@@H](CCCN=C(N)N)C(=O)NCC(=O)N[C@@H](Cc1ccccc1)C(=O)N[C@@H](CO)C(=O)N1CCC[C@H]1C(=O)N[C@@H](Cc1ccccc1)C(=O)N[C@@H](CCCN=C(N)N)C(=O)O. The Hall–Kier alpha value is -7.34. The number of guanidine groups is 2. The van der Waals surface area contributed by atoms with Crippen molar-refractivity contribution < 1.29 is 48.6 Å². The quantitative estimate of drug-likeness (QED) is 0.0204. The zero-order valence-electron chi connectivity index (χ0n) is 38.6. The molecule has 24 heteroatoms. The number of aliphatic hydroxyl groups excluding tert-OH is 1. The van der Waals surface area contributed by atoms with Crippen molar-refractivity contribution in [1.82, 2.24) is 36.8 Å². The normalized spacial score (nSPS) is 15.2. The van der Waals surface area contributed by atoms with Gasteiger partial charge in [-0.1, -0.05) is 60.7 Å². The maximum Gasteiger partial charge on any atom is 0.326 e. The Kier molecular flexibility index (Phi) is 24.4. The van der Waals surface area contributed by atoms with Crippen molar-refractivity contribution in [2.75, 3.05) is 39.3 Å². The summed E-state index contributed by atoms with van der Waals surface area (Å²) in [5.74, 6) is -6.65. The minimum Gasteiger partial charge on any atom is -0.480 e. The van der Waals surface area contributed by atoms with Crippen LogP contribution in [0.3, 0.4) is 0 Å². The Bertz CT molecular complexity index is 2070. The smallest absolute Gasteiger partial charge is 0.326 e. The largest absolute Gasteiger partial charge is 0.480 e. The van der Waals surface area contributed by atoms with Crippen molar-refractivity contribution in [3.8, 4) is 0 Å². The third-order valence-corrected chi connectivity index (χ3v) is 10.9. The number of hydrogen-bond donors (Lipinski definition) is 13. The predicted molar refractivity (Wildman–Crippen MR) is 255 cm³/mol. The first-order valence-electron chi connectivity index (χ1n) is 22.8. The van der Waals surface area contributed by atoms with Crippen molar-refractivity contribution >= 4 is 59.2 Å². The van der Waals surface area contributed by atoms with Gasteiger partial charge in [-0.2, -0.15) is 0 Å². The number of unbranched alkanes of at least 4 members (excludes halogenated alkanes) is 1. The van der Waals surface area contributed by atoms with Crippen LogP contribution < -0.4 is 60.6 Å². The number of carbonyl (C=O) groups is 8. The molecule has 0 bridgehead atoms. The van der Waals surface area contributed by atoms with Gasteiger partial charge in [0.15, 0.2) is 11.9 Å². The average molecular weight is 965 g/mol. The van der Waals surface area contributed by atoms with E-state index in [-0.39, 0.29) is 76.5 Å². The summed E-state index contributed by atoms with van der Waals surface area (Å²) < 4.78 is 0. The molecule has 6 atom stereocenters. The second-order valence-electron chi connectivity index (χ2n) is 16.4. The molecule has 0 aliphatic carbocycles. The second kappa shape index (κ2) is 30.1. The number of carbonyl (C=O) groups excluding carboxylic acids is 7. The van der Waals surface area contributed by atoms with Gasteiger partial charge in [-0.3, -0.25) is 43.5 Å². The average Bonchev–Trinajstić information content (AvgIpc) is 3.82. The lowest BCUT2D eigenvalue weighted by atomic mass is 10.0. The molecule has 0 aromatic heterocycles. The van der Waals surface area contributed by atoms with Crippen LogP contribution in [-0.4, -0.2) is 150 Å². The Morgan fingerprint density at radius 2 is 1.16 bits per heavy atom. The number of nitrogens with one attached hydrogen (secondary N) is 6. The third-order valence-electron chi connectivity index (χ3n) is 10.9. The number of aliphatic carboxylic acids is 1. The molecule has 24 nitrogen and oxygen atoms in total. The van der Waals surface area contributed by atoms with Gasteiger partial charge in [-0.05, 0) is 69.0 Å². The van der Waals surface area contributed by atoms with E-state index in [4.69, 9.17) is 28.7 Å². The Morgan fingerprint density at radius 3 is 1.68 bits per heavy atom. The molecule has 69 heavy (non-hydrogen) atoms. The first-order chi connectivity index (χ1) is 33.0. The van der Waals surface area contributed by atoms with E-state index >= 15 is 0 Å². The molecule has 1 fully saturated rings. The number of aliphatic hydroxyl groups is 1. The first kappa shape index (κ1) is 56.0. The topological polar surface area (TPSA) is 407 Å². The summed E-state index contributed by atoms with van der Waals surface area (Å²) in [5, 5.41) is 35.7. The number of aliphatic imine (C=N–C) groups is 2. The lowest BCUT2D eigenvalue weighted by molar-refractivity contribution is -0.144. The van der Waals surface area contributed by atoms with Crippen LogP contribution in [0.2, 0.25) is 0 Å². The van der Waals surface area contributed by atoms with Gasteiger partial charge in [0, 0.05) is 38.9 Å². The van der Waals surface area contributed by atoms with Crippen molar-refractivity contribution in [2.45, 2.75) is 107 Å². The molecule has 7 amide bonds. The Balaban J connectivity index is 1.74. The molecule has 3 rings (SSSR count). The lowest BCUT2D eigenvalue weighted by Gasteiger charge is -2.30. The van der Waals surface area contributed by atoms with Crippen molar-refractivity contribution in [3.05, 3.63) is 71.8 Å². The van der Waals surface area contributed by atoms with Crippen molar-refractivity contribution in [2.24, 2.45) is 38.7 Å². The molecule has 0 unspecified atom stereocenters. The summed E-state index contributed by atoms with van der Waals surface area (Å²) in [5.41, 5.74) is 28.3. The van der Waals surface area contributed by atoms with Crippen molar-refractivity contribution in [1.29, 1.82) is 0 Å². The predicted octanol–water partition coefficient (Wildman–Crippen LogP) is -3.68. The number of benzene rings is 2. The van der Waals surface area contributed by atoms with Crippen LogP contribution >= 0.6 is 0 Å². The van der Waals surface area contributed by atoms with Crippen LogP contribution in [-0.2, 0) is 51.2 Å². The molecule has 2 aromatic carbocycles. The summed E-state index contributed by atoms with van der Waals surface area (Å²) in [6.07, 6.45) is 2.35. The highest BCUT2D eigenvalue weighted by Gasteiger charge is 2.40. The molecule has 0 spiro atoms. The van der Waals surface area contributed by atoms with E-state index in [0.717, 1.165) is 0 Å². The fourth-order valence-electron chi connectivity index (χ4n) is 7.39. The van der Waals surface area contributed by atoms with Gasteiger partial charge in [-0.15, -0.1) is 0 Å². The first-order valence-corrected chi connectivity index (χ1v) is 22.8. The maximum absolute atomic E-state index is 14.1. The Morgan fingerprint density at radius 1 is 0.638 bits per heavy atom. The minimum absolute atomic E-state index is 0.0169. The summed E-state index contributed by atoms with van der Waals surface area (Å²) >= 11 is 0. The van der Waals surface area contributed by atoms with Crippen LogP contribution in [0.25, 0.3) is 0 Å². The maximum atomic E-state index is 14.1. The van der Waals surface area contributed by atoms with Gasteiger partial charge in [0.05, 0.1) is 13.2 Å². The van der Waals surface area contributed by atoms with Crippen LogP contribution in [0.1, 0.15) is 68.9 Å². The van der Waals surface area contributed by atoms with Crippen LogP contribution in [0.4, 0.5) is 0 Å². The van der Waals surface area contributed by atoms with Crippen LogP contribution in [0, 0.1) is 0 Å². The molecule has 378 valence electrons. The van der Waals surface area contributed by atoms with Crippen molar-refractivity contribution in [3.63, 3.8) is 0 Å². The molecule has 1 saturated heterocycles. The number of rotatable bonds is 30. The van der Waals surface area contributed by atoms with E-state index < -0.39 is 96.7 Å². The molecular formula is C45H68N14O10. The van der Waals surface area contributed by atoms with Gasteiger partial charge in [0.1, 0.15) is 36.3 Å². The van der Waals surface area contributed by atoms with Gasteiger partial charge in [-0.25, -0.2) is 4.79 Å². The van der Waals surface area contributed by atoms with E-state index in [0.29, 0.717) is 43.4 Å². The molecule has 0 saturated carbocycles. The van der Waals surface area contributed by atoms with E-state index in [1.807, 2.05) is 0 Å². The fourth-order valence-corrected chi connectivity index (χ4v) is 7.39. The molecule has 0 radical (unpaired) electrons. The van der Waals surface area contributed by atoms with Gasteiger partial charge >= 0.3 is 5.97 Å². The number of nitrogens with two attached hydrogens (primary N) is 5. The number of hydrogen-bond acceptors (Lipinski definition) is 12. The van der Waals surface area contributed by atoms with Gasteiger partial charge in [0.25, 0.3) is 0 Å². The molecular weight excluding hydrogens is 897 g/mol. The van der Waals surface area contributed by atoms with E-state index in [1.165, 1.54) is 4.90 Å². The zero-order valence-corrected chi connectivity index (χ0v) is 38.6. The molecule has 18 N–H and O–H groups in total. The molecule has 1 aliphatic rings. The summed E-state index contributed by atoms with van der Waals surface area (Å²) in [7, 11) is 0. The summed E-state index contributed by atoms with van der Waals surface area (Å²) in [6.45, 7) is -0.724. The third kappa shape index (κ3) is 20.6. The summed E-state index contributed by atoms with van der Waals surface area (Å²) in [4.78, 5) is 116.